The van der Waals surface area contributed by atoms with Gasteiger partial charge in [0.2, 0.25) is 0 Å². The molecule has 0 bridgehead atoms. The molecule has 0 amide bonds. The van der Waals surface area contributed by atoms with Gasteiger partial charge in [0, 0.05) is 20.6 Å². The second kappa shape index (κ2) is 3.10. The largest absolute Gasteiger partial charge is 0.466 e. The molecule has 0 aliphatic carbocycles. The summed E-state index contributed by atoms with van der Waals surface area (Å²) >= 11 is 0. The van der Waals surface area contributed by atoms with Gasteiger partial charge in [-0.3, -0.25) is 0 Å². The normalized spacial score (nSPS) is 28.5. The molecule has 0 unspecified atom stereocenters. The first kappa shape index (κ1) is 8.99. The molecule has 11 heavy (non-hydrogen) atoms. The summed E-state index contributed by atoms with van der Waals surface area (Å²) in [7, 11) is 0.536. The van der Waals surface area contributed by atoms with Crippen LogP contribution in [0.1, 0.15) is 12.8 Å². The second-order valence-electron chi connectivity index (χ2n) is 3.68. The molecule has 0 spiro atoms. The topological polar surface area (TPSA) is 26.3 Å². The lowest BCUT2D eigenvalue weighted by atomic mass is 10.2. The van der Waals surface area contributed by atoms with Crippen LogP contribution in [0.2, 0.25) is 0 Å². The van der Waals surface area contributed by atoms with E-state index in [-0.39, 0.29) is 11.6 Å². The minimum Gasteiger partial charge on any atom is -0.466 e. The number of hydrogen-bond donors (Lipinski definition) is 0. The molecule has 3 heteroatoms. The quantitative estimate of drug-likeness (QED) is 0.447. The Balaban J connectivity index is 2.64. The van der Waals surface area contributed by atoms with Crippen molar-refractivity contribution in [2.45, 2.75) is 18.5 Å². The zero-order valence-electron chi connectivity index (χ0n) is 7.46. The number of carbonyl (C=O) groups excluding carboxylic acids is 1. The average Bonchev–Trinajstić information content (AvgIpc) is 2.28. The van der Waals surface area contributed by atoms with Gasteiger partial charge in [-0.05, 0) is 12.8 Å². The van der Waals surface area contributed by atoms with Crippen LogP contribution in [-0.4, -0.2) is 38.2 Å². The van der Waals surface area contributed by atoms with Crippen LogP contribution in [0.4, 0.5) is 0 Å². The molecule has 1 saturated heterocycles. The van der Waals surface area contributed by atoms with Crippen molar-refractivity contribution in [1.29, 1.82) is 0 Å². The third-order valence-corrected chi connectivity index (χ3v) is 6.15. The minimum absolute atomic E-state index is 0.0147. The number of carbonyl (C=O) groups is 1. The third kappa shape index (κ3) is 1.73. The van der Waals surface area contributed by atoms with Crippen LogP contribution in [0.3, 0.4) is 0 Å². The summed E-state index contributed by atoms with van der Waals surface area (Å²) in [4.78, 5) is 11.2. The van der Waals surface area contributed by atoms with Crippen LogP contribution in [0.25, 0.3) is 0 Å². The average molecular weight is 175 g/mol. The lowest BCUT2D eigenvalue weighted by Crippen LogP contribution is -2.21. The monoisotopic (exact) mass is 175 g/mol. The Labute approximate surface area is 68.6 Å². The first-order chi connectivity index (χ1) is 5.08. The first-order valence-corrected chi connectivity index (χ1v) is 6.92. The molecule has 0 saturated carbocycles. The Kier molecular flexibility index (Phi) is 2.54. The highest BCUT2D eigenvalue weighted by Gasteiger charge is 2.46. The summed E-state index contributed by atoms with van der Waals surface area (Å²) in [6.07, 6.45) is 3.51. The van der Waals surface area contributed by atoms with Gasteiger partial charge in [0.05, 0.1) is 13.3 Å². The first-order valence-electron chi connectivity index (χ1n) is 3.98. The van der Waals surface area contributed by atoms with E-state index in [2.05, 4.69) is 13.3 Å². The van der Waals surface area contributed by atoms with Crippen LogP contribution in [-0.2, 0) is 9.53 Å². The lowest BCUT2D eigenvalue weighted by molar-refractivity contribution is -0.140. The van der Waals surface area contributed by atoms with E-state index in [4.69, 9.17) is 4.74 Å². The van der Waals surface area contributed by atoms with Crippen LogP contribution in [0.5, 0.6) is 0 Å². The third-order valence-electron chi connectivity index (χ3n) is 2.53. The van der Waals surface area contributed by atoms with E-state index < -0.39 is 7.26 Å². The highest BCUT2D eigenvalue weighted by molar-refractivity contribution is 7.76. The Morgan fingerprint density at radius 3 is 2.55 bits per heavy atom. The SMILES string of the molecule is COC(=O)[C@@H]1CCC[P+]1(C)C. The molecular formula is C8H16O2P+. The van der Waals surface area contributed by atoms with Gasteiger partial charge >= 0.3 is 5.97 Å². The standard InChI is InChI=1S/C8H16O2P/c1-10-8(9)7-5-4-6-11(7,2)3/h7H,4-6H2,1-3H3/q+1/t7-/m0/s1. The number of esters is 1. The molecule has 1 aliphatic heterocycles. The van der Waals surface area contributed by atoms with Crippen molar-refractivity contribution in [3.05, 3.63) is 0 Å². The van der Waals surface area contributed by atoms with Gasteiger partial charge in [0.25, 0.3) is 0 Å². The van der Waals surface area contributed by atoms with Crippen molar-refractivity contribution in [3.8, 4) is 0 Å². The molecule has 1 rings (SSSR count). The van der Waals surface area contributed by atoms with Gasteiger partial charge in [-0.2, -0.15) is 0 Å². The number of hydrogen-bond acceptors (Lipinski definition) is 2. The Hall–Kier alpha value is -0.100. The Bertz CT molecular complexity index is 165. The molecule has 0 N–H and O–H groups in total. The van der Waals surface area contributed by atoms with E-state index in [1.807, 2.05) is 0 Å². The Morgan fingerprint density at radius 1 is 1.55 bits per heavy atom. The summed E-state index contributed by atoms with van der Waals surface area (Å²) in [5, 5.41) is 0. The van der Waals surface area contributed by atoms with Crippen molar-refractivity contribution in [3.63, 3.8) is 0 Å². The van der Waals surface area contributed by atoms with Crippen LogP contribution >= 0.6 is 7.26 Å². The van der Waals surface area contributed by atoms with Gasteiger partial charge in [-0.25, -0.2) is 4.79 Å². The van der Waals surface area contributed by atoms with Crippen LogP contribution < -0.4 is 0 Å². The molecule has 1 fully saturated rings. The maximum Gasteiger partial charge on any atom is 0.346 e. The molecule has 64 valence electrons. The van der Waals surface area contributed by atoms with Gasteiger partial charge < -0.3 is 4.74 Å². The summed E-state index contributed by atoms with van der Waals surface area (Å²) in [5.41, 5.74) is 0.243. The van der Waals surface area contributed by atoms with E-state index in [0.29, 0.717) is 0 Å². The lowest BCUT2D eigenvalue weighted by Gasteiger charge is -2.17. The van der Waals surface area contributed by atoms with E-state index in [9.17, 15) is 4.79 Å². The van der Waals surface area contributed by atoms with Crippen molar-refractivity contribution in [2.24, 2.45) is 0 Å². The van der Waals surface area contributed by atoms with Crippen molar-refractivity contribution < 1.29 is 9.53 Å². The maximum absolute atomic E-state index is 11.2. The second-order valence-corrected chi connectivity index (χ2v) is 8.31. The number of methoxy groups -OCH3 is 1. The van der Waals surface area contributed by atoms with E-state index in [0.717, 1.165) is 6.42 Å². The van der Waals surface area contributed by atoms with Gasteiger partial charge in [0.15, 0.2) is 5.66 Å². The summed E-state index contributed by atoms with van der Waals surface area (Å²) in [6.45, 7) is 4.50. The van der Waals surface area contributed by atoms with Gasteiger partial charge in [0.1, 0.15) is 0 Å². The Morgan fingerprint density at radius 2 is 2.18 bits per heavy atom. The fraction of sp³-hybridized carbons (Fsp3) is 0.875. The van der Waals surface area contributed by atoms with Gasteiger partial charge in [-0.1, -0.05) is 0 Å². The molecule has 0 radical (unpaired) electrons. The molecule has 0 aromatic carbocycles. The van der Waals surface area contributed by atoms with Crippen molar-refractivity contribution in [1.82, 2.24) is 0 Å². The summed E-state index contributed by atoms with van der Waals surface area (Å²) in [6, 6.07) is 0. The van der Waals surface area contributed by atoms with Crippen LogP contribution in [0, 0.1) is 0 Å². The minimum atomic E-state index is -0.951. The zero-order chi connectivity index (χ0) is 8.48. The van der Waals surface area contributed by atoms with E-state index in [1.165, 1.54) is 19.7 Å². The van der Waals surface area contributed by atoms with Crippen molar-refractivity contribution >= 4 is 13.2 Å². The zero-order valence-corrected chi connectivity index (χ0v) is 8.36. The predicted molar refractivity (Wildman–Crippen MR) is 48.7 cm³/mol. The molecular weight excluding hydrogens is 159 g/mol. The predicted octanol–water partition coefficient (Wildman–Crippen LogP) is 1.60. The smallest absolute Gasteiger partial charge is 0.346 e. The van der Waals surface area contributed by atoms with Gasteiger partial charge in [-0.15, -0.1) is 0 Å². The molecule has 1 aliphatic rings. The molecule has 2 nitrogen and oxygen atoms in total. The fourth-order valence-electron chi connectivity index (χ4n) is 1.74. The van der Waals surface area contributed by atoms with Crippen molar-refractivity contribution in [2.75, 3.05) is 26.6 Å². The molecule has 0 aromatic heterocycles. The molecule has 1 atom stereocenters. The maximum atomic E-state index is 11.2. The summed E-state index contributed by atoms with van der Waals surface area (Å²) in [5.74, 6) is 0.0147. The van der Waals surface area contributed by atoms with Crippen LogP contribution in [0.15, 0.2) is 0 Å². The highest BCUT2D eigenvalue weighted by Crippen LogP contribution is 2.62. The fourth-order valence-corrected chi connectivity index (χ4v) is 4.60. The van der Waals surface area contributed by atoms with E-state index >= 15 is 0 Å². The summed E-state index contributed by atoms with van der Waals surface area (Å²) < 4.78 is 4.76. The molecule has 1 heterocycles. The highest BCUT2D eigenvalue weighted by atomic mass is 31.2. The van der Waals surface area contributed by atoms with E-state index in [1.54, 1.807) is 0 Å². The number of rotatable bonds is 1. The molecule has 0 aromatic rings. The number of ether oxygens (including phenoxy) is 1.